The maximum Gasteiger partial charge on any atom is 0.416 e. The van der Waals surface area contributed by atoms with Crippen LogP contribution < -0.4 is 9.80 Å². The Hall–Kier alpha value is -2.01. The summed E-state index contributed by atoms with van der Waals surface area (Å²) in [6.07, 6.45) is -2.08. The highest BCUT2D eigenvalue weighted by Gasteiger charge is 2.31. The van der Waals surface area contributed by atoms with Crippen molar-refractivity contribution in [2.75, 3.05) is 31.1 Å². The van der Waals surface area contributed by atoms with E-state index < -0.39 is 11.7 Å². The van der Waals surface area contributed by atoms with Crippen LogP contribution in [0, 0.1) is 0 Å². The van der Waals surface area contributed by atoms with Crippen LogP contribution in [0.4, 0.5) is 18.9 Å². The number of alkyl halides is 3. The largest absolute Gasteiger partial charge is 0.416 e. The second-order valence-electron chi connectivity index (χ2n) is 7.12. The number of piperazine rings is 1. The molecule has 140 valence electrons. The molecule has 1 atom stereocenters. The zero-order valence-electron chi connectivity index (χ0n) is 15.1. The quantitative estimate of drug-likeness (QED) is 0.855. The molecule has 1 aliphatic heterocycles. The topological polar surface area (TPSA) is 7.68 Å². The molecule has 1 N–H and O–H groups in total. The maximum absolute atomic E-state index is 12.9. The van der Waals surface area contributed by atoms with Crippen LogP contribution >= 0.6 is 0 Å². The summed E-state index contributed by atoms with van der Waals surface area (Å²) in [6.45, 7) is 5.80. The van der Waals surface area contributed by atoms with Crippen LogP contribution in [0.1, 0.15) is 24.5 Å². The van der Waals surface area contributed by atoms with E-state index in [4.69, 9.17) is 0 Å². The minimum atomic E-state index is -4.28. The van der Waals surface area contributed by atoms with Crippen molar-refractivity contribution in [1.82, 2.24) is 0 Å². The molecule has 1 fully saturated rings. The maximum atomic E-state index is 12.9. The van der Waals surface area contributed by atoms with E-state index in [1.54, 1.807) is 11.0 Å². The smallest absolute Gasteiger partial charge is 0.360 e. The number of hydrogen-bond acceptors (Lipinski definition) is 1. The Labute approximate surface area is 153 Å². The van der Waals surface area contributed by atoms with Gasteiger partial charge >= 0.3 is 6.18 Å². The number of hydrogen-bond donors (Lipinski definition) is 1. The molecule has 1 saturated heterocycles. The summed E-state index contributed by atoms with van der Waals surface area (Å²) < 4.78 is 38.7. The fourth-order valence-corrected chi connectivity index (χ4v) is 3.66. The lowest BCUT2D eigenvalue weighted by molar-refractivity contribution is -0.924. The predicted octanol–water partition coefficient (Wildman–Crippen LogP) is 3.43. The highest BCUT2D eigenvalue weighted by molar-refractivity contribution is 5.49. The summed E-state index contributed by atoms with van der Waals surface area (Å²) in [6, 6.07) is 16.7. The zero-order valence-corrected chi connectivity index (χ0v) is 15.1. The number of quaternary nitrogens is 1. The fourth-order valence-electron chi connectivity index (χ4n) is 3.66. The lowest BCUT2D eigenvalue weighted by Gasteiger charge is -2.36. The normalized spacial score (nSPS) is 17.3. The van der Waals surface area contributed by atoms with Gasteiger partial charge in [-0.15, -0.1) is 0 Å². The summed E-state index contributed by atoms with van der Waals surface area (Å²) in [5.41, 5.74) is 1.47. The number of anilines is 1. The third-order valence-electron chi connectivity index (χ3n) is 5.35. The van der Waals surface area contributed by atoms with Crippen LogP contribution in [-0.4, -0.2) is 32.2 Å². The van der Waals surface area contributed by atoms with Gasteiger partial charge in [0.25, 0.3) is 0 Å². The molecule has 0 unspecified atom stereocenters. The van der Waals surface area contributed by atoms with E-state index in [9.17, 15) is 13.2 Å². The van der Waals surface area contributed by atoms with Gasteiger partial charge < -0.3 is 9.80 Å². The van der Waals surface area contributed by atoms with Gasteiger partial charge in [0.2, 0.25) is 0 Å². The first-order valence-electron chi connectivity index (χ1n) is 9.24. The second-order valence-corrected chi connectivity index (χ2v) is 7.12. The van der Waals surface area contributed by atoms with Crippen molar-refractivity contribution in [3.8, 4) is 0 Å². The minimum Gasteiger partial charge on any atom is -0.360 e. The summed E-state index contributed by atoms with van der Waals surface area (Å²) >= 11 is 0. The molecule has 0 amide bonds. The Bertz CT molecular complexity index is 692. The highest BCUT2D eigenvalue weighted by Crippen LogP contribution is 2.31. The Morgan fingerprint density at radius 3 is 2.35 bits per heavy atom. The van der Waals surface area contributed by atoms with Crippen LogP contribution in [0.25, 0.3) is 0 Å². The molecule has 1 heterocycles. The summed E-state index contributed by atoms with van der Waals surface area (Å²) in [5.74, 6) is 0. The molecule has 0 saturated carbocycles. The zero-order chi connectivity index (χ0) is 18.6. The van der Waals surface area contributed by atoms with Gasteiger partial charge in [-0.3, -0.25) is 0 Å². The van der Waals surface area contributed by atoms with Crippen molar-refractivity contribution >= 4 is 5.69 Å². The molecule has 2 nitrogen and oxygen atoms in total. The lowest BCUT2D eigenvalue weighted by Crippen LogP contribution is -3.18. The van der Waals surface area contributed by atoms with Gasteiger partial charge in [-0.1, -0.05) is 36.4 Å². The number of nitrogens with zero attached hydrogens (tertiary/aromatic N) is 1. The third kappa shape index (κ3) is 4.79. The lowest BCUT2D eigenvalue weighted by atomic mass is 10.0. The minimum absolute atomic E-state index is 0.555. The van der Waals surface area contributed by atoms with Gasteiger partial charge in [0.1, 0.15) is 0 Å². The standard InChI is InChI=1S/C21H25F3N2/c1-17(10-11-18-6-3-2-4-7-18)25-12-14-26(15-13-25)20-9-5-8-19(16-20)21(22,23)24/h2-9,16-17H,10-15H2,1H3/p+1/t17-/m1/s1. The molecule has 2 aromatic carbocycles. The number of aryl methyl sites for hydroxylation is 1. The molecular formula is C21H26F3N2+. The average molecular weight is 363 g/mol. The van der Waals surface area contributed by atoms with Crippen LogP contribution in [0.2, 0.25) is 0 Å². The Kier molecular flexibility index (Phi) is 5.87. The van der Waals surface area contributed by atoms with Crippen molar-refractivity contribution < 1.29 is 18.1 Å². The van der Waals surface area contributed by atoms with E-state index in [0.29, 0.717) is 11.7 Å². The highest BCUT2D eigenvalue weighted by atomic mass is 19.4. The van der Waals surface area contributed by atoms with E-state index in [0.717, 1.165) is 45.1 Å². The SMILES string of the molecule is C[C@H](CCc1ccccc1)[NH+]1CCN(c2cccc(C(F)(F)F)c2)CC1. The van der Waals surface area contributed by atoms with Crippen LogP contribution in [-0.2, 0) is 12.6 Å². The first-order chi connectivity index (χ1) is 12.4. The monoisotopic (exact) mass is 363 g/mol. The molecule has 0 radical (unpaired) electrons. The summed E-state index contributed by atoms with van der Waals surface area (Å²) in [7, 11) is 0. The first kappa shape index (κ1) is 18.8. The Balaban J connectivity index is 1.52. The first-order valence-corrected chi connectivity index (χ1v) is 9.24. The van der Waals surface area contributed by atoms with Crippen molar-refractivity contribution in [3.05, 3.63) is 65.7 Å². The number of nitrogens with one attached hydrogen (secondary N) is 1. The van der Waals surface area contributed by atoms with Gasteiger partial charge in [0.05, 0.1) is 37.8 Å². The van der Waals surface area contributed by atoms with E-state index >= 15 is 0 Å². The van der Waals surface area contributed by atoms with E-state index in [2.05, 4.69) is 36.1 Å². The van der Waals surface area contributed by atoms with Crippen LogP contribution in [0.3, 0.4) is 0 Å². The van der Waals surface area contributed by atoms with Gasteiger partial charge in [-0.25, -0.2) is 0 Å². The van der Waals surface area contributed by atoms with Crippen molar-refractivity contribution in [3.63, 3.8) is 0 Å². The molecule has 0 aliphatic carbocycles. The van der Waals surface area contributed by atoms with Gasteiger partial charge in [0.15, 0.2) is 0 Å². The van der Waals surface area contributed by atoms with E-state index in [1.165, 1.54) is 17.7 Å². The van der Waals surface area contributed by atoms with Gasteiger partial charge in [-0.2, -0.15) is 13.2 Å². The van der Waals surface area contributed by atoms with Gasteiger partial charge in [0, 0.05) is 12.1 Å². The van der Waals surface area contributed by atoms with Gasteiger partial charge in [-0.05, 0) is 37.1 Å². The average Bonchev–Trinajstić information content (AvgIpc) is 2.66. The molecule has 0 bridgehead atoms. The van der Waals surface area contributed by atoms with Crippen molar-refractivity contribution in [2.45, 2.75) is 32.0 Å². The number of rotatable bonds is 5. The molecular weight excluding hydrogens is 337 g/mol. The molecule has 0 aromatic heterocycles. The van der Waals surface area contributed by atoms with E-state index in [1.807, 2.05) is 6.07 Å². The molecule has 1 aliphatic rings. The molecule has 26 heavy (non-hydrogen) atoms. The van der Waals surface area contributed by atoms with Crippen molar-refractivity contribution in [2.24, 2.45) is 0 Å². The molecule has 3 rings (SSSR count). The van der Waals surface area contributed by atoms with Crippen LogP contribution in [0.15, 0.2) is 54.6 Å². The molecule has 5 heteroatoms. The predicted molar refractivity (Wildman–Crippen MR) is 98.6 cm³/mol. The molecule has 2 aromatic rings. The van der Waals surface area contributed by atoms with Crippen molar-refractivity contribution in [1.29, 1.82) is 0 Å². The van der Waals surface area contributed by atoms with E-state index in [-0.39, 0.29) is 0 Å². The summed E-state index contributed by atoms with van der Waals surface area (Å²) in [5, 5.41) is 0. The number of benzene rings is 2. The Morgan fingerprint density at radius 1 is 1.00 bits per heavy atom. The van der Waals surface area contributed by atoms with Crippen LogP contribution in [0.5, 0.6) is 0 Å². The molecule has 0 spiro atoms. The summed E-state index contributed by atoms with van der Waals surface area (Å²) in [4.78, 5) is 3.62. The third-order valence-corrected chi connectivity index (χ3v) is 5.35. The second kappa shape index (κ2) is 8.12. The fraction of sp³-hybridized carbons (Fsp3) is 0.429. The Morgan fingerprint density at radius 2 is 1.69 bits per heavy atom. The number of halogens is 3.